The summed E-state index contributed by atoms with van der Waals surface area (Å²) < 4.78 is 1.71. The Morgan fingerprint density at radius 2 is 2.28 bits per heavy atom. The normalized spacial score (nSPS) is 20.7. The fraction of sp³-hybridized carbons (Fsp3) is 0.692. The minimum atomic E-state index is -0.0150. The number of nitrogens with one attached hydrogen (secondary N) is 1. The Kier molecular flexibility index (Phi) is 4.40. The molecular formula is C13H20ClN3O. The minimum Gasteiger partial charge on any atom is -0.307 e. The number of ketones is 1. The lowest BCUT2D eigenvalue weighted by Gasteiger charge is -2.14. The molecule has 1 unspecified atom stereocenters. The Balaban J connectivity index is 2.06. The Bertz CT molecular complexity index is 434. The molecular weight excluding hydrogens is 250 g/mol. The molecule has 18 heavy (non-hydrogen) atoms. The van der Waals surface area contributed by atoms with Gasteiger partial charge in [0.1, 0.15) is 0 Å². The molecule has 1 saturated heterocycles. The molecule has 4 nitrogen and oxygen atoms in total. The monoisotopic (exact) mass is 269 g/mol. The van der Waals surface area contributed by atoms with Crippen molar-refractivity contribution in [2.24, 2.45) is 7.05 Å². The lowest BCUT2D eigenvalue weighted by atomic mass is 10.0. The van der Waals surface area contributed by atoms with Crippen LogP contribution in [-0.4, -0.2) is 28.2 Å². The van der Waals surface area contributed by atoms with Gasteiger partial charge in [0, 0.05) is 7.05 Å². The highest BCUT2D eigenvalue weighted by Gasteiger charge is 2.22. The van der Waals surface area contributed by atoms with Crippen molar-refractivity contribution in [3.63, 3.8) is 0 Å². The van der Waals surface area contributed by atoms with Crippen LogP contribution in [0.15, 0.2) is 0 Å². The van der Waals surface area contributed by atoms with E-state index in [0.717, 1.165) is 37.2 Å². The zero-order valence-electron chi connectivity index (χ0n) is 11.0. The van der Waals surface area contributed by atoms with Crippen molar-refractivity contribution < 1.29 is 4.79 Å². The van der Waals surface area contributed by atoms with Crippen molar-refractivity contribution in [1.29, 1.82) is 0 Å². The number of carbonyl (C=O) groups excluding carboxylic acids is 1. The lowest BCUT2D eigenvalue weighted by Crippen LogP contribution is -2.37. The molecule has 0 radical (unpaired) electrons. The van der Waals surface area contributed by atoms with Gasteiger partial charge in [0.25, 0.3) is 0 Å². The van der Waals surface area contributed by atoms with Crippen LogP contribution >= 0.6 is 11.6 Å². The van der Waals surface area contributed by atoms with E-state index in [2.05, 4.69) is 10.4 Å². The molecule has 0 bridgehead atoms. The summed E-state index contributed by atoms with van der Waals surface area (Å²) in [6.07, 6.45) is 4.81. The van der Waals surface area contributed by atoms with Gasteiger partial charge in [-0.2, -0.15) is 5.10 Å². The molecule has 2 heterocycles. The molecule has 100 valence electrons. The maximum Gasteiger partial charge on any atom is 0.155 e. The summed E-state index contributed by atoms with van der Waals surface area (Å²) in [6, 6.07) is -0.0150. The molecule has 0 spiro atoms. The van der Waals surface area contributed by atoms with Crippen LogP contribution in [0.1, 0.15) is 37.1 Å². The molecule has 1 aliphatic heterocycles. The molecule has 0 saturated carbocycles. The molecule has 1 N–H and O–H groups in total. The van der Waals surface area contributed by atoms with E-state index in [1.165, 1.54) is 6.42 Å². The number of hydrogen-bond donors (Lipinski definition) is 1. The topological polar surface area (TPSA) is 46.9 Å². The largest absolute Gasteiger partial charge is 0.307 e. The third-order valence-corrected chi connectivity index (χ3v) is 4.04. The molecule has 0 aliphatic carbocycles. The number of rotatable bonds is 3. The lowest BCUT2D eigenvalue weighted by molar-refractivity contribution is -0.120. The summed E-state index contributed by atoms with van der Waals surface area (Å²) in [6.45, 7) is 2.80. The van der Waals surface area contributed by atoms with Crippen molar-refractivity contribution in [3.8, 4) is 0 Å². The van der Waals surface area contributed by atoms with E-state index in [1.54, 1.807) is 4.68 Å². The maximum absolute atomic E-state index is 12.3. The second-order valence-electron chi connectivity index (χ2n) is 4.97. The van der Waals surface area contributed by atoms with Gasteiger partial charge in [0.05, 0.1) is 28.9 Å². The number of hydrogen-bond acceptors (Lipinski definition) is 3. The average Bonchev–Trinajstić information content (AvgIpc) is 2.58. The second kappa shape index (κ2) is 5.85. The van der Waals surface area contributed by atoms with Crippen molar-refractivity contribution >= 4 is 17.4 Å². The van der Waals surface area contributed by atoms with E-state index in [1.807, 2.05) is 14.0 Å². The molecule has 1 aromatic rings. The Morgan fingerprint density at radius 3 is 2.94 bits per heavy atom. The van der Waals surface area contributed by atoms with E-state index in [-0.39, 0.29) is 11.8 Å². The zero-order chi connectivity index (χ0) is 13.1. The fourth-order valence-corrected chi connectivity index (χ4v) is 2.69. The van der Waals surface area contributed by atoms with E-state index in [4.69, 9.17) is 11.6 Å². The highest BCUT2D eigenvalue weighted by molar-refractivity contribution is 6.32. The quantitative estimate of drug-likeness (QED) is 0.913. The summed E-state index contributed by atoms with van der Waals surface area (Å²) >= 11 is 6.17. The molecule has 1 fully saturated rings. The van der Waals surface area contributed by atoms with Crippen molar-refractivity contribution in [1.82, 2.24) is 15.1 Å². The number of nitrogens with zero attached hydrogens (tertiary/aromatic N) is 2. The molecule has 2 rings (SSSR count). The van der Waals surface area contributed by atoms with Gasteiger partial charge in [-0.05, 0) is 26.3 Å². The van der Waals surface area contributed by atoms with Gasteiger partial charge in [0.15, 0.2) is 5.78 Å². The minimum absolute atomic E-state index is 0.0150. The standard InChI is InChI=1S/C13H20ClN3O/c1-9-13(14)11(17(2)16-9)8-12(18)10-6-4-3-5-7-15-10/h10,15H,3-8H2,1-2H3. The van der Waals surface area contributed by atoms with Gasteiger partial charge in [-0.25, -0.2) is 0 Å². The van der Waals surface area contributed by atoms with Crippen LogP contribution in [0.5, 0.6) is 0 Å². The van der Waals surface area contributed by atoms with Crippen molar-refractivity contribution in [2.45, 2.75) is 45.1 Å². The van der Waals surface area contributed by atoms with Crippen LogP contribution in [-0.2, 0) is 18.3 Å². The summed E-state index contributed by atoms with van der Waals surface area (Å²) in [4.78, 5) is 12.3. The SMILES string of the molecule is Cc1nn(C)c(CC(=O)C2CCCCCN2)c1Cl. The van der Waals surface area contributed by atoms with E-state index in [9.17, 15) is 4.79 Å². The van der Waals surface area contributed by atoms with E-state index >= 15 is 0 Å². The van der Waals surface area contributed by atoms with Gasteiger partial charge in [-0.1, -0.05) is 24.4 Å². The Hall–Kier alpha value is -0.870. The highest BCUT2D eigenvalue weighted by atomic mass is 35.5. The van der Waals surface area contributed by atoms with Gasteiger partial charge in [0.2, 0.25) is 0 Å². The summed E-state index contributed by atoms with van der Waals surface area (Å²) in [5.74, 6) is 0.224. The predicted molar refractivity (Wildman–Crippen MR) is 71.9 cm³/mol. The number of halogens is 1. The van der Waals surface area contributed by atoms with Crippen LogP contribution in [0, 0.1) is 6.92 Å². The number of aromatic nitrogens is 2. The molecule has 1 aliphatic rings. The Labute approximate surface area is 113 Å². The van der Waals surface area contributed by atoms with Crippen LogP contribution in [0.3, 0.4) is 0 Å². The molecule has 1 atom stereocenters. The summed E-state index contributed by atoms with van der Waals surface area (Å²) in [7, 11) is 1.84. The fourth-order valence-electron chi connectivity index (χ4n) is 2.46. The van der Waals surface area contributed by atoms with E-state index in [0.29, 0.717) is 11.4 Å². The number of carbonyl (C=O) groups is 1. The van der Waals surface area contributed by atoms with Crippen LogP contribution in [0.4, 0.5) is 0 Å². The molecule has 0 aromatic carbocycles. The third-order valence-electron chi connectivity index (χ3n) is 3.55. The van der Waals surface area contributed by atoms with Crippen LogP contribution in [0.25, 0.3) is 0 Å². The van der Waals surface area contributed by atoms with Crippen LogP contribution in [0.2, 0.25) is 5.02 Å². The zero-order valence-corrected chi connectivity index (χ0v) is 11.8. The summed E-state index contributed by atoms with van der Waals surface area (Å²) in [5, 5.41) is 8.19. The second-order valence-corrected chi connectivity index (χ2v) is 5.35. The number of aryl methyl sites for hydroxylation is 2. The van der Waals surface area contributed by atoms with E-state index < -0.39 is 0 Å². The van der Waals surface area contributed by atoms with Gasteiger partial charge >= 0.3 is 0 Å². The maximum atomic E-state index is 12.3. The van der Waals surface area contributed by atoms with Crippen LogP contribution < -0.4 is 5.32 Å². The smallest absolute Gasteiger partial charge is 0.155 e. The first-order chi connectivity index (χ1) is 8.59. The third kappa shape index (κ3) is 2.93. The summed E-state index contributed by atoms with van der Waals surface area (Å²) in [5.41, 5.74) is 1.61. The first-order valence-electron chi connectivity index (χ1n) is 6.53. The Morgan fingerprint density at radius 1 is 1.50 bits per heavy atom. The highest BCUT2D eigenvalue weighted by Crippen LogP contribution is 2.21. The van der Waals surface area contributed by atoms with Crippen molar-refractivity contribution in [3.05, 3.63) is 16.4 Å². The molecule has 5 heteroatoms. The first kappa shape index (κ1) is 13.6. The average molecular weight is 270 g/mol. The molecule has 1 aromatic heterocycles. The van der Waals surface area contributed by atoms with Gasteiger partial charge in [-0.3, -0.25) is 9.48 Å². The first-order valence-corrected chi connectivity index (χ1v) is 6.91. The number of Topliss-reactive ketones (excluding diaryl/α,β-unsaturated/α-hetero) is 1. The van der Waals surface area contributed by atoms with Gasteiger partial charge in [-0.15, -0.1) is 0 Å². The van der Waals surface area contributed by atoms with Gasteiger partial charge < -0.3 is 5.32 Å². The van der Waals surface area contributed by atoms with Crippen molar-refractivity contribution in [2.75, 3.05) is 6.54 Å². The molecule has 0 amide bonds. The predicted octanol–water partition coefficient (Wildman–Crippen LogP) is 2.03.